The Bertz CT molecular complexity index is 337. The zero-order valence-electron chi connectivity index (χ0n) is 12.1. The molecule has 2 saturated heterocycles. The van der Waals surface area contributed by atoms with Crippen LogP contribution in [0.15, 0.2) is 0 Å². The summed E-state index contributed by atoms with van der Waals surface area (Å²) in [6.45, 7) is 2.19. The van der Waals surface area contributed by atoms with Gasteiger partial charge >= 0.3 is 11.9 Å². The first-order valence-electron chi connectivity index (χ1n) is 6.86. The summed E-state index contributed by atoms with van der Waals surface area (Å²) >= 11 is 0. The van der Waals surface area contributed by atoms with Crippen LogP contribution in [-0.2, 0) is 14.3 Å². The first-order chi connectivity index (χ1) is 9.47. The van der Waals surface area contributed by atoms with Crippen molar-refractivity contribution in [2.75, 3.05) is 34.0 Å². The van der Waals surface area contributed by atoms with Gasteiger partial charge in [0.1, 0.15) is 12.1 Å². The number of rotatable bonds is 4. The van der Waals surface area contributed by atoms with Crippen LogP contribution in [0.2, 0.25) is 0 Å². The highest BCUT2D eigenvalue weighted by molar-refractivity contribution is 5.74. The first-order valence-corrected chi connectivity index (χ1v) is 6.86. The summed E-state index contributed by atoms with van der Waals surface area (Å²) in [5.41, 5.74) is 0. The molecular weight excluding hydrogens is 264 g/mol. The van der Waals surface area contributed by atoms with Crippen molar-refractivity contribution in [3.05, 3.63) is 0 Å². The molecule has 2 rings (SSSR count). The average Bonchev–Trinajstić information content (AvgIpc) is 2.99. The number of likely N-dealkylation sites (tertiary alicyclic amines) is 2. The van der Waals surface area contributed by atoms with Crippen LogP contribution in [0.3, 0.4) is 0 Å². The van der Waals surface area contributed by atoms with Gasteiger partial charge in [0, 0.05) is 13.7 Å². The molecule has 7 heteroatoms. The SMILES string of the molecule is CN1CCCC1C(=O)O.COCN1CCCC1C(=O)O. The van der Waals surface area contributed by atoms with Crippen LogP contribution in [0.1, 0.15) is 25.7 Å². The molecule has 0 aromatic rings. The molecule has 116 valence electrons. The number of hydrogen-bond donors (Lipinski definition) is 2. The number of hydrogen-bond acceptors (Lipinski definition) is 5. The van der Waals surface area contributed by atoms with Crippen LogP contribution in [0.25, 0.3) is 0 Å². The number of nitrogens with zero attached hydrogens (tertiary/aromatic N) is 2. The van der Waals surface area contributed by atoms with Gasteiger partial charge < -0.3 is 14.9 Å². The summed E-state index contributed by atoms with van der Waals surface area (Å²) in [7, 11) is 3.43. The first kappa shape index (κ1) is 16.9. The van der Waals surface area contributed by atoms with E-state index in [2.05, 4.69) is 0 Å². The van der Waals surface area contributed by atoms with E-state index in [4.69, 9.17) is 14.9 Å². The number of carboxylic acid groups (broad SMARTS) is 2. The minimum Gasteiger partial charge on any atom is -0.480 e. The number of aliphatic carboxylic acids is 2. The van der Waals surface area contributed by atoms with E-state index >= 15 is 0 Å². The largest absolute Gasteiger partial charge is 0.480 e. The maximum atomic E-state index is 10.6. The molecule has 0 spiro atoms. The molecule has 2 N–H and O–H groups in total. The van der Waals surface area contributed by atoms with Crippen LogP contribution in [0.4, 0.5) is 0 Å². The highest BCUT2D eigenvalue weighted by atomic mass is 16.5. The van der Waals surface area contributed by atoms with Crippen LogP contribution in [-0.4, -0.2) is 78.0 Å². The number of carboxylic acids is 2. The van der Waals surface area contributed by atoms with Gasteiger partial charge in [0.25, 0.3) is 0 Å². The molecule has 0 bridgehead atoms. The molecule has 0 aliphatic carbocycles. The fraction of sp³-hybridized carbons (Fsp3) is 0.846. The van der Waals surface area contributed by atoms with Crippen molar-refractivity contribution in [1.82, 2.24) is 9.80 Å². The lowest BCUT2D eigenvalue weighted by Gasteiger charge is -2.19. The van der Waals surface area contributed by atoms with Gasteiger partial charge in [0.05, 0.1) is 6.73 Å². The summed E-state index contributed by atoms with van der Waals surface area (Å²) < 4.78 is 4.87. The van der Waals surface area contributed by atoms with Crippen LogP contribution < -0.4 is 0 Å². The second kappa shape index (κ2) is 8.18. The Kier molecular flexibility index (Phi) is 6.90. The monoisotopic (exact) mass is 288 g/mol. The normalized spacial score (nSPS) is 27.1. The van der Waals surface area contributed by atoms with E-state index in [1.807, 2.05) is 16.8 Å². The van der Waals surface area contributed by atoms with Gasteiger partial charge in [-0.25, -0.2) is 0 Å². The van der Waals surface area contributed by atoms with Crippen molar-refractivity contribution < 1.29 is 24.5 Å². The van der Waals surface area contributed by atoms with Crippen molar-refractivity contribution in [2.45, 2.75) is 37.8 Å². The van der Waals surface area contributed by atoms with Crippen molar-refractivity contribution in [3.8, 4) is 0 Å². The minimum absolute atomic E-state index is 0.218. The van der Waals surface area contributed by atoms with Crippen molar-refractivity contribution >= 4 is 11.9 Å². The summed E-state index contributed by atoms with van der Waals surface area (Å²) in [6, 6.07) is -0.542. The molecule has 2 unspecified atom stereocenters. The van der Waals surface area contributed by atoms with Crippen molar-refractivity contribution in [2.24, 2.45) is 0 Å². The van der Waals surface area contributed by atoms with Gasteiger partial charge in [-0.2, -0.15) is 0 Å². The fourth-order valence-electron chi connectivity index (χ4n) is 2.65. The Morgan fingerprint density at radius 3 is 2.05 bits per heavy atom. The predicted octanol–water partition coefficient (Wildman–Crippen LogP) is 0.305. The Morgan fingerprint density at radius 1 is 1.10 bits per heavy atom. The second-order valence-electron chi connectivity index (χ2n) is 5.20. The quantitative estimate of drug-likeness (QED) is 0.769. The molecule has 0 aromatic carbocycles. The van der Waals surface area contributed by atoms with E-state index in [1.165, 1.54) is 0 Å². The zero-order chi connectivity index (χ0) is 15.1. The molecule has 0 amide bonds. The Balaban J connectivity index is 0.000000204. The lowest BCUT2D eigenvalue weighted by Crippen LogP contribution is -2.37. The maximum absolute atomic E-state index is 10.6. The third-order valence-electron chi connectivity index (χ3n) is 3.75. The second-order valence-corrected chi connectivity index (χ2v) is 5.20. The van der Waals surface area contributed by atoms with Gasteiger partial charge in [0.2, 0.25) is 0 Å². The fourth-order valence-corrected chi connectivity index (χ4v) is 2.65. The summed E-state index contributed by atoms with van der Waals surface area (Å²) in [4.78, 5) is 24.7. The Hall–Kier alpha value is -1.18. The molecule has 7 nitrogen and oxygen atoms in total. The Morgan fingerprint density at radius 2 is 1.65 bits per heavy atom. The van der Waals surface area contributed by atoms with Gasteiger partial charge in [-0.3, -0.25) is 19.4 Å². The molecule has 20 heavy (non-hydrogen) atoms. The van der Waals surface area contributed by atoms with E-state index in [9.17, 15) is 9.59 Å². The smallest absolute Gasteiger partial charge is 0.320 e. The van der Waals surface area contributed by atoms with Gasteiger partial charge in [-0.1, -0.05) is 0 Å². The number of methoxy groups -OCH3 is 1. The number of carbonyl (C=O) groups is 2. The maximum Gasteiger partial charge on any atom is 0.320 e. The van der Waals surface area contributed by atoms with E-state index < -0.39 is 11.9 Å². The molecular formula is C13H24N2O5. The van der Waals surface area contributed by atoms with E-state index in [0.717, 1.165) is 38.8 Å². The highest BCUT2D eigenvalue weighted by Gasteiger charge is 2.29. The number of ether oxygens (including phenoxy) is 1. The third-order valence-corrected chi connectivity index (χ3v) is 3.75. The number of likely N-dealkylation sites (N-methyl/N-ethyl adjacent to an activating group) is 1. The molecule has 0 radical (unpaired) electrons. The lowest BCUT2D eigenvalue weighted by molar-refractivity contribution is -0.144. The molecule has 2 atom stereocenters. The molecule has 2 fully saturated rings. The van der Waals surface area contributed by atoms with Gasteiger partial charge in [-0.15, -0.1) is 0 Å². The summed E-state index contributed by atoms with van der Waals surface area (Å²) in [6.07, 6.45) is 3.54. The van der Waals surface area contributed by atoms with E-state index in [1.54, 1.807) is 7.11 Å². The van der Waals surface area contributed by atoms with Crippen LogP contribution in [0.5, 0.6) is 0 Å². The van der Waals surface area contributed by atoms with E-state index in [-0.39, 0.29) is 12.1 Å². The third kappa shape index (κ3) is 4.73. The predicted molar refractivity (Wildman–Crippen MR) is 72.5 cm³/mol. The van der Waals surface area contributed by atoms with E-state index in [0.29, 0.717) is 6.73 Å². The molecule has 0 aromatic heterocycles. The molecule has 2 aliphatic heterocycles. The molecule has 2 aliphatic rings. The highest BCUT2D eigenvalue weighted by Crippen LogP contribution is 2.16. The van der Waals surface area contributed by atoms with Crippen molar-refractivity contribution in [3.63, 3.8) is 0 Å². The van der Waals surface area contributed by atoms with Gasteiger partial charge in [-0.05, 0) is 39.3 Å². The summed E-state index contributed by atoms with van der Waals surface area (Å²) in [5, 5.41) is 17.3. The average molecular weight is 288 g/mol. The molecule has 0 saturated carbocycles. The molecule has 2 heterocycles. The topological polar surface area (TPSA) is 90.3 Å². The standard InChI is InChI=1S/C7H13NO3.C6H11NO2/c1-11-5-8-4-2-3-6(8)7(9)10;1-7-4-2-3-5(7)6(8)9/h6H,2-5H2,1H3,(H,9,10);5H,2-4H2,1H3,(H,8,9). The van der Waals surface area contributed by atoms with Crippen LogP contribution >= 0.6 is 0 Å². The summed E-state index contributed by atoms with van der Waals surface area (Å²) in [5.74, 6) is -1.42. The van der Waals surface area contributed by atoms with Gasteiger partial charge in [0.15, 0.2) is 0 Å². The van der Waals surface area contributed by atoms with Crippen molar-refractivity contribution in [1.29, 1.82) is 0 Å². The lowest BCUT2D eigenvalue weighted by atomic mass is 10.2. The zero-order valence-corrected chi connectivity index (χ0v) is 12.1. The Labute approximate surface area is 119 Å². The minimum atomic E-state index is -0.737. The van der Waals surface area contributed by atoms with Crippen LogP contribution in [0, 0.1) is 0 Å².